The van der Waals surface area contributed by atoms with Crippen LogP contribution in [0.5, 0.6) is 0 Å². The van der Waals surface area contributed by atoms with Gasteiger partial charge in [0.2, 0.25) is 0 Å². The van der Waals surface area contributed by atoms with Crippen LogP contribution in [-0.2, 0) is 0 Å². The van der Waals surface area contributed by atoms with Crippen LogP contribution in [0.4, 0.5) is 0 Å². The molecule has 0 fully saturated rings. The average Bonchev–Trinajstić information content (AvgIpc) is 1.94. The quantitative estimate of drug-likeness (QED) is 0.652. The molecule has 6 heteroatoms. The van der Waals surface area contributed by atoms with Crippen LogP contribution >= 0.6 is 7.59 Å². The molecule has 18 heavy (non-hydrogen) atoms. The zero-order valence-electron chi connectivity index (χ0n) is 13.0. The Hall–Kier alpha value is 0.230. The fourth-order valence-corrected chi connectivity index (χ4v) is 6.51. The summed E-state index contributed by atoms with van der Waals surface area (Å²) in [6.07, 6.45) is 0. The van der Waals surface area contributed by atoms with E-state index in [2.05, 4.69) is 0 Å². The first-order chi connectivity index (χ1) is 7.81. The predicted octanol–water partition coefficient (Wildman–Crippen LogP) is 2.33. The van der Waals surface area contributed by atoms with Gasteiger partial charge in [0, 0.05) is 0 Å². The van der Waals surface area contributed by atoms with E-state index in [1.54, 1.807) is 0 Å². The molecule has 0 radical (unpaired) electrons. The van der Waals surface area contributed by atoms with Crippen LogP contribution in [-0.4, -0.2) is 48.2 Å². The first kappa shape index (κ1) is 18.2. The summed E-state index contributed by atoms with van der Waals surface area (Å²) in [6.45, 7) is 14.8. The van der Waals surface area contributed by atoms with E-state index in [0.29, 0.717) is 0 Å². The second-order valence-corrected chi connectivity index (χ2v) is 8.74. The summed E-state index contributed by atoms with van der Waals surface area (Å²) in [6, 6.07) is -0.657. The average molecular weight is 282 g/mol. The third-order valence-electron chi connectivity index (χ3n) is 2.94. The van der Waals surface area contributed by atoms with E-state index in [9.17, 15) is 14.7 Å². The number of hydrogen-bond donors (Lipinski definition) is 3. The molecule has 0 aromatic rings. The first-order valence-electron chi connectivity index (χ1n) is 6.65. The van der Waals surface area contributed by atoms with Crippen molar-refractivity contribution in [3.63, 3.8) is 0 Å². The third-order valence-corrected chi connectivity index (χ3v) is 6.44. The van der Waals surface area contributed by atoms with E-state index in [0.717, 1.165) is 0 Å². The second kappa shape index (κ2) is 5.70. The van der Waals surface area contributed by atoms with Crippen LogP contribution in [0.2, 0.25) is 0 Å². The Balaban J connectivity index is 5.73. The van der Waals surface area contributed by atoms with Crippen molar-refractivity contribution in [2.75, 3.05) is 0 Å². The van der Waals surface area contributed by atoms with Crippen molar-refractivity contribution in [3.8, 4) is 0 Å². The molecule has 0 aliphatic carbocycles. The van der Waals surface area contributed by atoms with E-state index in [-0.39, 0.29) is 24.2 Å². The molecule has 0 saturated heterocycles. The molecule has 0 saturated carbocycles. The summed E-state index contributed by atoms with van der Waals surface area (Å²) >= 11 is 0. The van der Waals surface area contributed by atoms with Crippen LogP contribution in [0.3, 0.4) is 0 Å². The van der Waals surface area contributed by atoms with Crippen LogP contribution < -0.4 is 0 Å². The van der Waals surface area contributed by atoms with Crippen molar-refractivity contribution in [1.29, 1.82) is 0 Å². The molecule has 3 N–H and O–H groups in total. The Morgan fingerprint density at radius 1 is 0.556 bits per heavy atom. The SMILES string of the molecule is CC(C)N(C(C)C)P(O)(O)(O)N(C(C)C)C(C)C. The molecule has 0 bridgehead atoms. The van der Waals surface area contributed by atoms with Gasteiger partial charge in [-0.2, -0.15) is 0 Å². The number of hydrogen-bond acceptors (Lipinski definition) is 5. The standard InChI is InChI=1S/C12H31N2O3P/c1-9(2)13(10(3)4)18(15,16,17)14(11(5)6)12(7)8/h9-12,15-17H,1-8H3. The van der Waals surface area contributed by atoms with Gasteiger partial charge in [-0.1, -0.05) is 0 Å². The van der Waals surface area contributed by atoms with Gasteiger partial charge in [-0.25, -0.2) is 0 Å². The topological polar surface area (TPSA) is 67.2 Å². The number of rotatable bonds is 6. The molecule has 112 valence electrons. The summed E-state index contributed by atoms with van der Waals surface area (Å²) in [4.78, 5) is 32.0. The second-order valence-electron chi connectivity index (χ2n) is 6.03. The minimum absolute atomic E-state index is 0.164. The molecule has 5 nitrogen and oxygen atoms in total. The van der Waals surface area contributed by atoms with Gasteiger partial charge in [-0.3, -0.25) is 0 Å². The van der Waals surface area contributed by atoms with Gasteiger partial charge in [0.05, 0.1) is 0 Å². The zero-order chi connectivity index (χ0) is 14.9. The van der Waals surface area contributed by atoms with Crippen LogP contribution in [0.1, 0.15) is 55.4 Å². The molecule has 0 spiro atoms. The molecule has 0 atom stereocenters. The van der Waals surface area contributed by atoms with Crippen molar-refractivity contribution in [2.45, 2.75) is 79.6 Å². The van der Waals surface area contributed by atoms with E-state index < -0.39 is 7.59 Å². The normalized spacial score (nSPS) is 16.4. The fourth-order valence-electron chi connectivity index (χ4n) is 2.96. The Morgan fingerprint density at radius 2 is 0.722 bits per heavy atom. The van der Waals surface area contributed by atoms with Crippen LogP contribution in [0.25, 0.3) is 0 Å². The van der Waals surface area contributed by atoms with Gasteiger partial charge in [0.1, 0.15) is 0 Å². The molecule has 0 unspecified atom stereocenters. The van der Waals surface area contributed by atoms with Gasteiger partial charge in [-0.15, -0.1) is 0 Å². The molecule has 0 aromatic carbocycles. The molecule has 0 aromatic heterocycles. The Morgan fingerprint density at radius 3 is 0.833 bits per heavy atom. The first-order valence-corrected chi connectivity index (χ1v) is 8.65. The van der Waals surface area contributed by atoms with Crippen molar-refractivity contribution in [2.24, 2.45) is 0 Å². The Kier molecular flexibility index (Phi) is 5.77. The van der Waals surface area contributed by atoms with Crippen molar-refractivity contribution in [3.05, 3.63) is 0 Å². The van der Waals surface area contributed by atoms with E-state index >= 15 is 0 Å². The molecule has 0 heterocycles. The van der Waals surface area contributed by atoms with E-state index in [1.807, 2.05) is 55.4 Å². The molecule has 0 amide bonds. The van der Waals surface area contributed by atoms with Crippen molar-refractivity contribution >= 4 is 7.59 Å². The van der Waals surface area contributed by atoms with Gasteiger partial charge < -0.3 is 0 Å². The Labute approximate surface area is 112 Å². The molecule has 0 rings (SSSR count). The fraction of sp³-hybridized carbons (Fsp3) is 1.00. The molecule has 0 aliphatic rings. The minimum atomic E-state index is -5.03. The van der Waals surface area contributed by atoms with Crippen molar-refractivity contribution in [1.82, 2.24) is 9.34 Å². The van der Waals surface area contributed by atoms with Gasteiger partial charge in [0.15, 0.2) is 0 Å². The van der Waals surface area contributed by atoms with Gasteiger partial charge in [-0.05, 0) is 0 Å². The molecular formula is C12H31N2O3P. The van der Waals surface area contributed by atoms with Gasteiger partial charge >= 0.3 is 111 Å². The van der Waals surface area contributed by atoms with Crippen LogP contribution in [0, 0.1) is 0 Å². The molecular weight excluding hydrogens is 251 g/mol. The maximum atomic E-state index is 10.7. The summed E-state index contributed by atoms with van der Waals surface area (Å²) in [7, 11) is -5.03. The van der Waals surface area contributed by atoms with Gasteiger partial charge in [0.25, 0.3) is 0 Å². The van der Waals surface area contributed by atoms with E-state index in [4.69, 9.17) is 0 Å². The van der Waals surface area contributed by atoms with Crippen LogP contribution in [0.15, 0.2) is 0 Å². The summed E-state index contributed by atoms with van der Waals surface area (Å²) in [5.41, 5.74) is 0. The third kappa shape index (κ3) is 3.62. The summed E-state index contributed by atoms with van der Waals surface area (Å²) in [5.74, 6) is 0. The summed E-state index contributed by atoms with van der Waals surface area (Å²) in [5, 5.41) is 0. The maximum absolute atomic E-state index is 10.7. The monoisotopic (exact) mass is 282 g/mol. The van der Waals surface area contributed by atoms with Crippen molar-refractivity contribution < 1.29 is 14.7 Å². The molecule has 0 aliphatic heterocycles. The Bertz CT molecular complexity index is 232. The number of nitrogens with zero attached hydrogens (tertiary/aromatic N) is 2. The summed E-state index contributed by atoms with van der Waals surface area (Å²) < 4.78 is 2.84. The van der Waals surface area contributed by atoms with E-state index in [1.165, 1.54) is 9.34 Å². The predicted molar refractivity (Wildman–Crippen MR) is 77.8 cm³/mol. The zero-order valence-corrected chi connectivity index (χ0v) is 13.9.